The Hall–Kier alpha value is -1.31. The van der Waals surface area contributed by atoms with Gasteiger partial charge in [0.2, 0.25) is 0 Å². The zero-order chi connectivity index (χ0) is 10.1. The second-order valence-electron chi connectivity index (χ2n) is 4.45. The summed E-state index contributed by atoms with van der Waals surface area (Å²) < 4.78 is 0. The van der Waals surface area contributed by atoms with Crippen LogP contribution < -0.4 is 5.32 Å². The molecule has 1 fully saturated rings. The molecule has 0 saturated heterocycles. The van der Waals surface area contributed by atoms with Gasteiger partial charge in [0, 0.05) is 11.6 Å². The van der Waals surface area contributed by atoms with E-state index in [9.17, 15) is 0 Å². The number of nitrogens with zero attached hydrogens (tertiary/aromatic N) is 1. The Morgan fingerprint density at radius 1 is 1.07 bits per heavy atom. The van der Waals surface area contributed by atoms with E-state index >= 15 is 0 Å². The van der Waals surface area contributed by atoms with E-state index < -0.39 is 0 Å². The summed E-state index contributed by atoms with van der Waals surface area (Å²) in [5.41, 5.74) is 1.23. The van der Waals surface area contributed by atoms with E-state index in [1.807, 2.05) is 6.07 Å². The van der Waals surface area contributed by atoms with Crippen LogP contribution in [-0.2, 0) is 0 Å². The minimum absolute atomic E-state index is 0.536. The van der Waals surface area contributed by atoms with Gasteiger partial charge in [-0.15, -0.1) is 0 Å². The smallest absolute Gasteiger partial charge is 0.128 e. The number of nitrogens with one attached hydrogen (secondary N) is 1. The van der Waals surface area contributed by atoms with Gasteiger partial charge in [0.05, 0.1) is 6.04 Å². The molecule has 1 aliphatic heterocycles. The lowest BCUT2D eigenvalue weighted by Gasteiger charge is -2.23. The van der Waals surface area contributed by atoms with E-state index in [0.29, 0.717) is 12.1 Å². The Bertz CT molecular complexity index is 369. The summed E-state index contributed by atoms with van der Waals surface area (Å²) in [4.78, 5) is 4.79. The highest BCUT2D eigenvalue weighted by Crippen LogP contribution is 2.25. The van der Waals surface area contributed by atoms with Gasteiger partial charge in [-0.25, -0.2) is 0 Å². The van der Waals surface area contributed by atoms with Crippen molar-refractivity contribution in [3.8, 4) is 0 Å². The minimum atomic E-state index is 0.536. The lowest BCUT2D eigenvalue weighted by Crippen LogP contribution is -2.36. The van der Waals surface area contributed by atoms with E-state index in [1.165, 1.54) is 31.2 Å². The van der Waals surface area contributed by atoms with Crippen molar-refractivity contribution < 1.29 is 0 Å². The number of aliphatic imine (C=N–C) groups is 1. The van der Waals surface area contributed by atoms with Gasteiger partial charge in [-0.05, 0) is 12.8 Å². The second kappa shape index (κ2) is 3.69. The quantitative estimate of drug-likeness (QED) is 0.739. The van der Waals surface area contributed by atoms with Crippen molar-refractivity contribution in [1.29, 1.82) is 0 Å². The molecule has 1 aromatic carbocycles. The highest BCUT2D eigenvalue weighted by atomic mass is 15.1. The van der Waals surface area contributed by atoms with Gasteiger partial charge in [-0.1, -0.05) is 43.2 Å². The maximum Gasteiger partial charge on any atom is 0.128 e. The molecule has 0 radical (unpaired) electrons. The van der Waals surface area contributed by atoms with Crippen molar-refractivity contribution in [3.05, 3.63) is 35.9 Å². The standard InChI is InChI=1S/C13H16N2/c1-2-6-10(7-3-1)13-14-11-8-4-5-9-12(11)15-13/h1-3,6-7,11-12H,4-5,8-9H2,(H,14,15). The van der Waals surface area contributed by atoms with Gasteiger partial charge in [0.15, 0.2) is 0 Å². The Balaban J connectivity index is 1.84. The Morgan fingerprint density at radius 2 is 1.87 bits per heavy atom. The molecule has 2 atom stereocenters. The summed E-state index contributed by atoms with van der Waals surface area (Å²) in [6.07, 6.45) is 5.23. The number of benzene rings is 1. The van der Waals surface area contributed by atoms with Gasteiger partial charge in [-0.2, -0.15) is 0 Å². The van der Waals surface area contributed by atoms with Crippen LogP contribution in [0.25, 0.3) is 0 Å². The summed E-state index contributed by atoms with van der Waals surface area (Å²) in [7, 11) is 0. The van der Waals surface area contributed by atoms with E-state index in [4.69, 9.17) is 4.99 Å². The molecule has 2 aliphatic rings. The van der Waals surface area contributed by atoms with Crippen molar-refractivity contribution >= 4 is 5.84 Å². The van der Waals surface area contributed by atoms with Gasteiger partial charge in [0.1, 0.15) is 5.84 Å². The fourth-order valence-electron chi connectivity index (χ4n) is 2.57. The summed E-state index contributed by atoms with van der Waals surface area (Å²) >= 11 is 0. The molecule has 15 heavy (non-hydrogen) atoms. The molecule has 2 heteroatoms. The third kappa shape index (κ3) is 1.65. The predicted octanol–water partition coefficient (Wildman–Crippen LogP) is 2.35. The largest absolute Gasteiger partial charge is 0.365 e. The van der Waals surface area contributed by atoms with Crippen LogP contribution in [0.4, 0.5) is 0 Å². The van der Waals surface area contributed by atoms with Crippen LogP contribution in [0.5, 0.6) is 0 Å². The molecule has 2 unspecified atom stereocenters. The highest BCUT2D eigenvalue weighted by molar-refractivity contribution is 6.00. The fourth-order valence-corrected chi connectivity index (χ4v) is 2.57. The molecule has 0 amide bonds. The molecule has 1 aliphatic carbocycles. The molecule has 0 spiro atoms. The van der Waals surface area contributed by atoms with Crippen LogP contribution in [0.15, 0.2) is 35.3 Å². The highest BCUT2D eigenvalue weighted by Gasteiger charge is 2.30. The Kier molecular flexibility index (Phi) is 2.20. The summed E-state index contributed by atoms with van der Waals surface area (Å²) in [6, 6.07) is 11.6. The van der Waals surface area contributed by atoms with Gasteiger partial charge < -0.3 is 5.32 Å². The van der Waals surface area contributed by atoms with Crippen LogP contribution in [0, 0.1) is 0 Å². The van der Waals surface area contributed by atoms with Crippen molar-refractivity contribution in [2.24, 2.45) is 4.99 Å². The Morgan fingerprint density at radius 3 is 2.67 bits per heavy atom. The summed E-state index contributed by atoms with van der Waals surface area (Å²) in [5.74, 6) is 1.10. The fraction of sp³-hybridized carbons (Fsp3) is 0.462. The second-order valence-corrected chi connectivity index (χ2v) is 4.45. The SMILES string of the molecule is c1ccc(C2=NC3CCCCC3N2)cc1. The van der Waals surface area contributed by atoms with Crippen molar-refractivity contribution in [2.45, 2.75) is 37.8 Å². The van der Waals surface area contributed by atoms with Crippen molar-refractivity contribution in [1.82, 2.24) is 5.32 Å². The van der Waals surface area contributed by atoms with E-state index in [-0.39, 0.29) is 0 Å². The Labute approximate surface area is 90.4 Å². The summed E-state index contributed by atoms with van der Waals surface area (Å²) in [5, 5.41) is 3.56. The number of rotatable bonds is 1. The van der Waals surface area contributed by atoms with Crippen LogP contribution in [0.2, 0.25) is 0 Å². The predicted molar refractivity (Wildman–Crippen MR) is 62.2 cm³/mol. The monoisotopic (exact) mass is 200 g/mol. The van der Waals surface area contributed by atoms with E-state index in [0.717, 1.165) is 5.84 Å². The van der Waals surface area contributed by atoms with Gasteiger partial charge in [0.25, 0.3) is 0 Å². The average Bonchev–Trinajstić information content (AvgIpc) is 2.74. The van der Waals surface area contributed by atoms with Crippen molar-refractivity contribution in [2.75, 3.05) is 0 Å². The first-order valence-corrected chi connectivity index (χ1v) is 5.83. The molecule has 2 nitrogen and oxygen atoms in total. The van der Waals surface area contributed by atoms with Gasteiger partial charge >= 0.3 is 0 Å². The molecule has 0 aromatic heterocycles. The molecule has 1 aromatic rings. The van der Waals surface area contributed by atoms with E-state index in [2.05, 4.69) is 29.6 Å². The number of hydrogen-bond acceptors (Lipinski definition) is 2. The molecule has 78 valence electrons. The third-order valence-electron chi connectivity index (χ3n) is 3.39. The van der Waals surface area contributed by atoms with Crippen LogP contribution in [0.1, 0.15) is 31.2 Å². The molecular formula is C13H16N2. The third-order valence-corrected chi connectivity index (χ3v) is 3.39. The number of hydrogen-bond donors (Lipinski definition) is 1. The first-order chi connectivity index (χ1) is 7.43. The first-order valence-electron chi connectivity index (χ1n) is 5.83. The van der Waals surface area contributed by atoms with Crippen LogP contribution in [0.3, 0.4) is 0 Å². The topological polar surface area (TPSA) is 24.4 Å². The normalized spacial score (nSPS) is 29.2. The molecule has 1 heterocycles. The number of amidine groups is 1. The maximum absolute atomic E-state index is 4.79. The van der Waals surface area contributed by atoms with Crippen LogP contribution >= 0.6 is 0 Å². The average molecular weight is 200 g/mol. The van der Waals surface area contributed by atoms with E-state index in [1.54, 1.807) is 0 Å². The maximum atomic E-state index is 4.79. The molecular weight excluding hydrogens is 184 g/mol. The molecule has 1 saturated carbocycles. The van der Waals surface area contributed by atoms with Gasteiger partial charge in [-0.3, -0.25) is 4.99 Å². The molecule has 0 bridgehead atoms. The minimum Gasteiger partial charge on any atom is -0.365 e. The summed E-state index contributed by atoms with van der Waals surface area (Å²) in [6.45, 7) is 0. The number of fused-ring (bicyclic) bond motifs is 1. The van der Waals surface area contributed by atoms with Crippen molar-refractivity contribution in [3.63, 3.8) is 0 Å². The molecule has 3 rings (SSSR count). The zero-order valence-corrected chi connectivity index (χ0v) is 8.82. The lowest BCUT2D eigenvalue weighted by molar-refractivity contribution is 0.385. The zero-order valence-electron chi connectivity index (χ0n) is 8.82. The van der Waals surface area contributed by atoms with Crippen LogP contribution in [-0.4, -0.2) is 17.9 Å². The molecule has 1 N–H and O–H groups in total. The lowest BCUT2D eigenvalue weighted by atomic mass is 9.92. The first kappa shape index (κ1) is 8.96.